The molecule has 132 valence electrons. The van der Waals surface area contributed by atoms with Crippen LogP contribution < -0.4 is 4.74 Å². The Hall–Kier alpha value is -0.910. The SMILES string of the molecule is COc1ccc(Cl)cc1C(=O)N1CCCN(C2CCSCC2)CC1. The van der Waals surface area contributed by atoms with Gasteiger partial charge in [0.1, 0.15) is 5.75 Å². The normalized spacial score (nSPS) is 20.7. The zero-order chi connectivity index (χ0) is 16.9. The first kappa shape index (κ1) is 17.9. The smallest absolute Gasteiger partial charge is 0.257 e. The van der Waals surface area contributed by atoms with E-state index in [1.165, 1.54) is 24.3 Å². The summed E-state index contributed by atoms with van der Waals surface area (Å²) in [5, 5.41) is 0.565. The molecule has 3 rings (SSSR count). The lowest BCUT2D eigenvalue weighted by atomic mass is 10.1. The lowest BCUT2D eigenvalue weighted by Crippen LogP contribution is -2.41. The van der Waals surface area contributed by atoms with Gasteiger partial charge in [0.25, 0.3) is 5.91 Å². The van der Waals surface area contributed by atoms with Gasteiger partial charge >= 0.3 is 0 Å². The van der Waals surface area contributed by atoms with Gasteiger partial charge in [-0.25, -0.2) is 0 Å². The van der Waals surface area contributed by atoms with Crippen LogP contribution in [-0.4, -0.2) is 66.5 Å². The monoisotopic (exact) mass is 368 g/mol. The van der Waals surface area contributed by atoms with E-state index in [-0.39, 0.29) is 5.91 Å². The number of nitrogens with zero attached hydrogens (tertiary/aromatic N) is 2. The highest BCUT2D eigenvalue weighted by Gasteiger charge is 2.27. The molecule has 2 aliphatic rings. The van der Waals surface area contributed by atoms with Gasteiger partial charge in [-0.3, -0.25) is 9.69 Å². The molecule has 0 N–H and O–H groups in total. The van der Waals surface area contributed by atoms with E-state index < -0.39 is 0 Å². The number of amides is 1. The van der Waals surface area contributed by atoms with Crippen molar-refractivity contribution in [3.63, 3.8) is 0 Å². The molecular formula is C18H25ClN2O2S. The predicted molar refractivity (Wildman–Crippen MR) is 100 cm³/mol. The molecule has 1 aromatic carbocycles. The van der Waals surface area contributed by atoms with Gasteiger partial charge in [0.05, 0.1) is 12.7 Å². The highest BCUT2D eigenvalue weighted by molar-refractivity contribution is 7.99. The molecule has 0 saturated carbocycles. The summed E-state index contributed by atoms with van der Waals surface area (Å²) in [4.78, 5) is 17.5. The molecule has 0 radical (unpaired) electrons. The first-order chi connectivity index (χ1) is 11.7. The van der Waals surface area contributed by atoms with Gasteiger partial charge in [0.2, 0.25) is 0 Å². The number of benzene rings is 1. The van der Waals surface area contributed by atoms with Gasteiger partial charge in [0, 0.05) is 37.2 Å². The number of methoxy groups -OCH3 is 1. The summed E-state index contributed by atoms with van der Waals surface area (Å²) in [6.45, 7) is 3.63. The summed E-state index contributed by atoms with van der Waals surface area (Å²) < 4.78 is 5.34. The first-order valence-corrected chi connectivity index (χ1v) is 10.2. The minimum absolute atomic E-state index is 0.0235. The lowest BCUT2D eigenvalue weighted by molar-refractivity contribution is 0.0754. The van der Waals surface area contributed by atoms with Crippen molar-refractivity contribution in [2.24, 2.45) is 0 Å². The van der Waals surface area contributed by atoms with Crippen molar-refractivity contribution in [2.45, 2.75) is 25.3 Å². The fourth-order valence-electron chi connectivity index (χ4n) is 3.57. The molecule has 0 aromatic heterocycles. The molecule has 2 saturated heterocycles. The van der Waals surface area contributed by atoms with Gasteiger partial charge in [0.15, 0.2) is 0 Å². The van der Waals surface area contributed by atoms with Gasteiger partial charge in [-0.2, -0.15) is 11.8 Å². The van der Waals surface area contributed by atoms with Gasteiger partial charge in [-0.1, -0.05) is 11.6 Å². The Balaban J connectivity index is 1.67. The van der Waals surface area contributed by atoms with Crippen molar-refractivity contribution in [2.75, 3.05) is 44.8 Å². The molecule has 2 fully saturated rings. The lowest BCUT2D eigenvalue weighted by Gasteiger charge is -2.33. The molecule has 1 amide bonds. The molecule has 4 nitrogen and oxygen atoms in total. The molecule has 24 heavy (non-hydrogen) atoms. The van der Waals surface area contributed by atoms with E-state index in [9.17, 15) is 4.79 Å². The second-order valence-electron chi connectivity index (χ2n) is 6.37. The average molecular weight is 369 g/mol. The van der Waals surface area contributed by atoms with Crippen LogP contribution >= 0.6 is 23.4 Å². The van der Waals surface area contributed by atoms with Crippen molar-refractivity contribution in [1.82, 2.24) is 9.80 Å². The standard InChI is InChI=1S/C18H25ClN2O2S/c1-23-17-4-3-14(19)13-16(17)18(22)21-8-2-7-20(9-10-21)15-5-11-24-12-6-15/h3-4,13,15H,2,5-12H2,1H3. The second kappa shape index (κ2) is 8.45. The van der Waals surface area contributed by atoms with Crippen LogP contribution in [0, 0.1) is 0 Å². The third kappa shape index (κ3) is 4.19. The molecule has 0 atom stereocenters. The van der Waals surface area contributed by atoms with Crippen LogP contribution in [0.5, 0.6) is 5.75 Å². The zero-order valence-corrected chi connectivity index (χ0v) is 15.7. The van der Waals surface area contributed by atoms with Gasteiger partial charge in [-0.15, -0.1) is 0 Å². The second-order valence-corrected chi connectivity index (χ2v) is 8.03. The van der Waals surface area contributed by atoms with Crippen LogP contribution in [0.25, 0.3) is 0 Å². The van der Waals surface area contributed by atoms with E-state index in [4.69, 9.17) is 16.3 Å². The molecular weight excluding hydrogens is 344 g/mol. The van der Waals surface area contributed by atoms with Crippen LogP contribution in [0.2, 0.25) is 5.02 Å². The number of carbonyl (C=O) groups excluding carboxylic acids is 1. The van der Waals surface area contributed by atoms with Crippen molar-refractivity contribution in [1.29, 1.82) is 0 Å². The van der Waals surface area contributed by atoms with Crippen molar-refractivity contribution in [3.8, 4) is 5.75 Å². The molecule has 6 heteroatoms. The van der Waals surface area contributed by atoms with E-state index in [0.29, 0.717) is 22.4 Å². The fraction of sp³-hybridized carbons (Fsp3) is 0.611. The number of halogens is 1. The summed E-state index contributed by atoms with van der Waals surface area (Å²) in [7, 11) is 1.59. The molecule has 0 spiro atoms. The molecule has 1 aromatic rings. The number of hydrogen-bond donors (Lipinski definition) is 0. The molecule has 2 aliphatic heterocycles. The topological polar surface area (TPSA) is 32.8 Å². The molecule has 0 aliphatic carbocycles. The Labute approximate surface area is 153 Å². The maximum absolute atomic E-state index is 12.9. The summed E-state index contributed by atoms with van der Waals surface area (Å²) in [5.74, 6) is 3.15. The van der Waals surface area contributed by atoms with Crippen LogP contribution in [-0.2, 0) is 0 Å². The Morgan fingerprint density at radius 3 is 2.75 bits per heavy atom. The Morgan fingerprint density at radius 1 is 1.21 bits per heavy atom. The molecule has 0 unspecified atom stereocenters. The number of ether oxygens (including phenoxy) is 1. The zero-order valence-electron chi connectivity index (χ0n) is 14.2. The Morgan fingerprint density at radius 2 is 2.00 bits per heavy atom. The third-order valence-electron chi connectivity index (χ3n) is 4.92. The predicted octanol–water partition coefficient (Wildman–Crippen LogP) is 3.39. The number of thioether (sulfide) groups is 1. The van der Waals surface area contributed by atoms with Crippen molar-refractivity contribution >= 4 is 29.3 Å². The maximum Gasteiger partial charge on any atom is 0.257 e. The minimum atomic E-state index is 0.0235. The summed E-state index contributed by atoms with van der Waals surface area (Å²) in [6, 6.07) is 5.92. The van der Waals surface area contributed by atoms with Gasteiger partial charge in [-0.05, 0) is 49.0 Å². The number of carbonyl (C=O) groups is 1. The van der Waals surface area contributed by atoms with Crippen molar-refractivity contribution in [3.05, 3.63) is 28.8 Å². The van der Waals surface area contributed by atoms with E-state index in [0.717, 1.165) is 32.6 Å². The quantitative estimate of drug-likeness (QED) is 0.818. The molecule has 0 bridgehead atoms. The number of rotatable bonds is 3. The summed E-state index contributed by atoms with van der Waals surface area (Å²) in [5.41, 5.74) is 0.563. The molecule has 2 heterocycles. The van der Waals surface area contributed by atoms with Crippen LogP contribution in [0.1, 0.15) is 29.6 Å². The van der Waals surface area contributed by atoms with E-state index in [1.807, 2.05) is 4.90 Å². The summed E-state index contributed by atoms with van der Waals surface area (Å²) in [6.07, 6.45) is 3.58. The summed E-state index contributed by atoms with van der Waals surface area (Å²) >= 11 is 8.14. The fourth-order valence-corrected chi connectivity index (χ4v) is 4.83. The van der Waals surface area contributed by atoms with Gasteiger partial charge < -0.3 is 9.64 Å². The highest BCUT2D eigenvalue weighted by atomic mass is 35.5. The first-order valence-electron chi connectivity index (χ1n) is 8.63. The minimum Gasteiger partial charge on any atom is -0.496 e. The van der Waals surface area contributed by atoms with E-state index in [2.05, 4.69) is 16.7 Å². The van der Waals surface area contributed by atoms with Crippen LogP contribution in [0.3, 0.4) is 0 Å². The third-order valence-corrected chi connectivity index (χ3v) is 6.20. The van der Waals surface area contributed by atoms with Crippen LogP contribution in [0.15, 0.2) is 18.2 Å². The van der Waals surface area contributed by atoms with Crippen molar-refractivity contribution < 1.29 is 9.53 Å². The number of hydrogen-bond acceptors (Lipinski definition) is 4. The Bertz CT molecular complexity index is 578. The van der Waals surface area contributed by atoms with Crippen LogP contribution in [0.4, 0.5) is 0 Å². The highest BCUT2D eigenvalue weighted by Crippen LogP contribution is 2.26. The average Bonchev–Trinajstić information content (AvgIpc) is 2.88. The van der Waals surface area contributed by atoms with E-state index in [1.54, 1.807) is 25.3 Å². The maximum atomic E-state index is 12.9. The van der Waals surface area contributed by atoms with E-state index >= 15 is 0 Å². The Kier molecular flexibility index (Phi) is 6.31. The largest absolute Gasteiger partial charge is 0.496 e.